The third-order valence-corrected chi connectivity index (χ3v) is 10.2. The molecule has 1 saturated carbocycles. The Kier molecular flexibility index (Phi) is 12.8. The van der Waals surface area contributed by atoms with Gasteiger partial charge >= 0.3 is 5.92 Å². The van der Waals surface area contributed by atoms with Gasteiger partial charge in [-0.05, 0) is 68.4 Å². The van der Waals surface area contributed by atoms with E-state index in [9.17, 15) is 24.3 Å². The second-order valence-corrected chi connectivity index (χ2v) is 14.0. The van der Waals surface area contributed by atoms with Crippen molar-refractivity contribution in [3.63, 3.8) is 0 Å². The van der Waals surface area contributed by atoms with E-state index in [0.717, 1.165) is 37.8 Å². The van der Waals surface area contributed by atoms with Crippen molar-refractivity contribution < 1.29 is 37.5 Å². The molecule has 2 aromatic carbocycles. The van der Waals surface area contributed by atoms with Crippen LogP contribution in [0.25, 0.3) is 0 Å². The van der Waals surface area contributed by atoms with Crippen molar-refractivity contribution >= 4 is 29.2 Å². The average Bonchev–Trinajstić information content (AvgIpc) is 3.39. The highest BCUT2D eigenvalue weighted by Crippen LogP contribution is 2.37. The molecule has 3 N–H and O–H groups in total. The van der Waals surface area contributed by atoms with Crippen LogP contribution >= 0.6 is 0 Å². The van der Waals surface area contributed by atoms with E-state index < -0.39 is 58.9 Å². The summed E-state index contributed by atoms with van der Waals surface area (Å²) in [5.41, 5.74) is -1.36. The maximum Gasteiger partial charge on any atom is 0.330 e. The number of carbonyl (C=O) groups is 4. The number of ketones is 1. The van der Waals surface area contributed by atoms with Gasteiger partial charge in [-0.2, -0.15) is 14.0 Å². The Hall–Kier alpha value is -4.24. The number of carbonyl (C=O) groups excluding carboxylic acids is 4. The maximum atomic E-state index is 15.7. The molecule has 0 radical (unpaired) electrons. The van der Waals surface area contributed by atoms with Gasteiger partial charge < -0.3 is 20.6 Å². The summed E-state index contributed by atoms with van der Waals surface area (Å²) in [6, 6.07) is 9.46. The van der Waals surface area contributed by atoms with E-state index >= 15 is 13.2 Å². The fourth-order valence-corrected chi connectivity index (χ4v) is 6.88. The van der Waals surface area contributed by atoms with Crippen LogP contribution in [0.1, 0.15) is 108 Å². The van der Waals surface area contributed by atoms with Gasteiger partial charge in [0.2, 0.25) is 23.5 Å². The number of Topliss-reactive ketones (excluding diaryl/α,β-unsaturated/α-hetero) is 1. The summed E-state index contributed by atoms with van der Waals surface area (Å²) in [6.45, 7) is 5.66. The third kappa shape index (κ3) is 9.50. The van der Waals surface area contributed by atoms with Crippen LogP contribution in [0, 0.1) is 29.0 Å². The first kappa shape index (κ1) is 38.6. The monoisotopic (exact) mass is 696 g/mol. The van der Waals surface area contributed by atoms with Gasteiger partial charge in [0.05, 0.1) is 22.9 Å². The Balaban J connectivity index is 1.55. The van der Waals surface area contributed by atoms with E-state index in [0.29, 0.717) is 44.3 Å². The molecule has 3 amide bonds. The number of rotatable bonds is 12. The second kappa shape index (κ2) is 16.6. The van der Waals surface area contributed by atoms with E-state index in [4.69, 9.17) is 5.26 Å². The zero-order valence-electron chi connectivity index (χ0n) is 28.9. The van der Waals surface area contributed by atoms with Crippen molar-refractivity contribution in [1.82, 2.24) is 10.2 Å². The van der Waals surface area contributed by atoms with Crippen LogP contribution in [0.15, 0.2) is 42.5 Å². The summed E-state index contributed by atoms with van der Waals surface area (Å²) < 4.78 is 46.5. The van der Waals surface area contributed by atoms with Crippen molar-refractivity contribution in [3.8, 4) is 6.07 Å². The van der Waals surface area contributed by atoms with Crippen LogP contribution in [-0.4, -0.2) is 58.2 Å². The number of aliphatic hydroxyl groups is 1. The topological polar surface area (TPSA) is 140 Å². The molecular weight excluding hydrogens is 649 g/mol. The highest BCUT2D eigenvalue weighted by atomic mass is 19.3. The number of hydrogen-bond donors (Lipinski definition) is 3. The number of halogens is 3. The Morgan fingerprint density at radius 2 is 1.72 bits per heavy atom. The number of nitrogens with zero attached hydrogens (tertiary/aromatic N) is 2. The van der Waals surface area contributed by atoms with Crippen molar-refractivity contribution in [2.45, 2.75) is 108 Å². The molecule has 0 spiro atoms. The number of likely N-dealkylation sites (tertiary alicyclic amines) is 1. The molecule has 1 heterocycles. The van der Waals surface area contributed by atoms with Crippen molar-refractivity contribution in [3.05, 3.63) is 65.0 Å². The van der Waals surface area contributed by atoms with Crippen molar-refractivity contribution in [1.29, 1.82) is 5.26 Å². The van der Waals surface area contributed by atoms with Crippen molar-refractivity contribution in [2.75, 3.05) is 18.4 Å². The molecule has 270 valence electrons. The Morgan fingerprint density at radius 3 is 2.32 bits per heavy atom. The fourth-order valence-electron chi connectivity index (χ4n) is 6.88. The molecule has 2 aliphatic rings. The predicted molar refractivity (Wildman–Crippen MR) is 181 cm³/mol. The smallest absolute Gasteiger partial charge is 0.330 e. The number of benzene rings is 2. The second-order valence-electron chi connectivity index (χ2n) is 14.0. The predicted octanol–water partition coefficient (Wildman–Crippen LogP) is 6.35. The molecule has 12 heteroatoms. The van der Waals surface area contributed by atoms with Gasteiger partial charge in [-0.15, -0.1) is 0 Å². The molecule has 3 atom stereocenters. The summed E-state index contributed by atoms with van der Waals surface area (Å²) in [6.07, 6.45) is 4.65. The quantitative estimate of drug-likeness (QED) is 0.221. The summed E-state index contributed by atoms with van der Waals surface area (Å²) in [7, 11) is 0. The molecule has 9 nitrogen and oxygen atoms in total. The number of hydrogen-bond acceptors (Lipinski definition) is 6. The number of nitriles is 1. The molecular formula is C38H47F3N4O5. The van der Waals surface area contributed by atoms with E-state index in [2.05, 4.69) is 10.6 Å². The van der Waals surface area contributed by atoms with Gasteiger partial charge in [0.1, 0.15) is 11.9 Å². The number of nitrogens with one attached hydrogen (secondary N) is 2. The van der Waals surface area contributed by atoms with E-state index in [1.165, 1.54) is 30.3 Å². The van der Waals surface area contributed by atoms with Gasteiger partial charge in [-0.25, -0.2) is 4.39 Å². The Morgan fingerprint density at radius 1 is 1.06 bits per heavy atom. The molecule has 1 saturated heterocycles. The van der Waals surface area contributed by atoms with Crippen LogP contribution in [0.4, 0.5) is 18.9 Å². The Bertz CT molecular complexity index is 1590. The van der Waals surface area contributed by atoms with Crippen LogP contribution in [0.3, 0.4) is 0 Å². The zero-order chi connectivity index (χ0) is 36.6. The molecule has 1 aliphatic heterocycles. The lowest BCUT2D eigenvalue weighted by atomic mass is 9.80. The van der Waals surface area contributed by atoms with Crippen LogP contribution in [0.2, 0.25) is 0 Å². The zero-order valence-corrected chi connectivity index (χ0v) is 28.9. The minimum atomic E-state index is -3.94. The number of alkyl halides is 2. The third-order valence-electron chi connectivity index (χ3n) is 10.2. The molecule has 0 aromatic heterocycles. The Labute approximate surface area is 291 Å². The summed E-state index contributed by atoms with van der Waals surface area (Å²) in [5.74, 6) is -9.83. The van der Waals surface area contributed by atoms with Crippen LogP contribution in [-0.2, 0) is 25.1 Å². The van der Waals surface area contributed by atoms with Gasteiger partial charge in [-0.1, -0.05) is 57.7 Å². The number of piperidine rings is 1. The fraction of sp³-hybridized carbons (Fsp3) is 0.553. The largest absolute Gasteiger partial charge is 0.390 e. The average molecular weight is 697 g/mol. The van der Waals surface area contributed by atoms with Gasteiger partial charge in [0, 0.05) is 43.3 Å². The number of anilines is 1. The summed E-state index contributed by atoms with van der Waals surface area (Å²) in [4.78, 5) is 54.5. The van der Waals surface area contributed by atoms with Gasteiger partial charge in [0.15, 0.2) is 0 Å². The molecule has 1 aliphatic carbocycles. The van der Waals surface area contributed by atoms with E-state index in [1.807, 2.05) is 0 Å². The molecule has 0 bridgehead atoms. The molecule has 4 rings (SSSR count). The van der Waals surface area contributed by atoms with E-state index in [1.54, 1.807) is 31.7 Å². The van der Waals surface area contributed by atoms with Gasteiger partial charge in [0.25, 0.3) is 0 Å². The SMILES string of the molecule is CCC(=O)N[C@@H](C(=O)N1CCC(C)(O)CC1)[C@@H](C)c1ccc(NC(=O)[C@@H](CC(=O)C(F)(F)c2cccc(C#N)c2)C2CCCCCC2)c(F)c1. The number of amides is 3. The van der Waals surface area contributed by atoms with Gasteiger partial charge in [-0.3, -0.25) is 19.2 Å². The first-order valence-electron chi connectivity index (χ1n) is 17.5. The first-order chi connectivity index (χ1) is 23.7. The highest BCUT2D eigenvalue weighted by molar-refractivity contribution is 5.97. The lowest BCUT2D eigenvalue weighted by Crippen LogP contribution is -2.54. The summed E-state index contributed by atoms with van der Waals surface area (Å²) in [5, 5.41) is 24.8. The highest BCUT2D eigenvalue weighted by Gasteiger charge is 2.44. The summed E-state index contributed by atoms with van der Waals surface area (Å²) >= 11 is 0. The standard InChI is InChI=1S/C38H47F3N4O5/c1-4-33(47)44-34(36(49)45-18-16-37(3,50)17-19-45)24(2)27-14-15-31(30(39)21-27)43-35(48)29(26-11-7-5-6-8-12-26)22-32(46)38(40,41)28-13-9-10-25(20-28)23-42/h9-10,13-15,20-21,24,26,29,34,50H,4-8,11-12,16-19,22H2,1-3H3,(H,43,48)(H,44,47)/t24-,29-,34+/m0/s1. The lowest BCUT2D eigenvalue weighted by Gasteiger charge is -2.38. The van der Waals surface area contributed by atoms with Crippen LogP contribution < -0.4 is 10.6 Å². The minimum absolute atomic E-state index is 0.0227. The maximum absolute atomic E-state index is 15.7. The molecule has 0 unspecified atom stereocenters. The van der Waals surface area contributed by atoms with E-state index in [-0.39, 0.29) is 35.4 Å². The first-order valence-corrected chi connectivity index (χ1v) is 17.5. The molecule has 50 heavy (non-hydrogen) atoms. The minimum Gasteiger partial charge on any atom is -0.390 e. The lowest BCUT2D eigenvalue weighted by molar-refractivity contribution is -0.147. The molecule has 2 fully saturated rings. The molecule has 2 aromatic rings. The van der Waals surface area contributed by atoms with Crippen LogP contribution in [0.5, 0.6) is 0 Å². The normalized spacial score (nSPS) is 18.6. The van der Waals surface area contributed by atoms with Crippen molar-refractivity contribution in [2.24, 2.45) is 11.8 Å².